The fraction of sp³-hybridized carbons (Fsp3) is 0.154. The Morgan fingerprint density at radius 3 is 2.03 bits per heavy atom. The van der Waals surface area contributed by atoms with E-state index >= 15 is 0 Å². The molecule has 4 heteroatoms. The molecule has 0 spiro atoms. The Bertz CT molecular complexity index is 1250. The van der Waals surface area contributed by atoms with E-state index in [9.17, 15) is 9.59 Å². The molecule has 0 aliphatic heterocycles. The highest BCUT2D eigenvalue weighted by molar-refractivity contribution is 6.12. The molecule has 0 aliphatic rings. The van der Waals surface area contributed by atoms with E-state index in [0.29, 0.717) is 16.3 Å². The summed E-state index contributed by atoms with van der Waals surface area (Å²) < 4.78 is 5.59. The summed E-state index contributed by atoms with van der Waals surface area (Å²) >= 11 is 0. The second-order valence-corrected chi connectivity index (χ2v) is 7.12. The molecule has 0 radical (unpaired) electrons. The van der Waals surface area contributed by atoms with Crippen molar-refractivity contribution < 1.29 is 9.21 Å². The van der Waals surface area contributed by atoms with Crippen molar-refractivity contribution in [3.63, 3.8) is 0 Å². The summed E-state index contributed by atoms with van der Waals surface area (Å²) in [6.45, 7) is 4.10. The molecule has 0 unspecified atom stereocenters. The number of carbonyl (C=O) groups is 1. The highest BCUT2D eigenvalue weighted by atomic mass is 16.4. The Labute approximate surface area is 175 Å². The van der Waals surface area contributed by atoms with Crippen molar-refractivity contribution in [3.8, 4) is 11.1 Å². The van der Waals surface area contributed by atoms with Gasteiger partial charge in [-0.25, -0.2) is 4.79 Å². The molecule has 0 atom stereocenters. The van der Waals surface area contributed by atoms with E-state index in [4.69, 9.17) is 4.42 Å². The predicted molar refractivity (Wildman–Crippen MR) is 121 cm³/mol. The summed E-state index contributed by atoms with van der Waals surface area (Å²) in [5, 5.41) is 4.18. The Kier molecular flexibility index (Phi) is 5.48. The lowest BCUT2D eigenvalue weighted by molar-refractivity contribution is 0.0994. The summed E-state index contributed by atoms with van der Waals surface area (Å²) in [7, 11) is 0. The molecule has 3 aromatic carbocycles. The van der Waals surface area contributed by atoms with Crippen LogP contribution in [0, 0.1) is 0 Å². The standard InChI is InChI=1S/C26H23NO3/c1-3-17-13-10-14-18(4-2)23(17)27-25(28)24-22(19-11-6-5-7-12-19)20-15-8-9-16-21(20)26(29)30-24/h5-16H,3-4H2,1-2H3,(H,27,28). The first-order valence-corrected chi connectivity index (χ1v) is 10.2. The largest absolute Gasteiger partial charge is 0.416 e. The van der Waals surface area contributed by atoms with Crippen LogP contribution in [0.4, 0.5) is 5.69 Å². The van der Waals surface area contributed by atoms with Gasteiger partial charge in [0.05, 0.1) is 5.39 Å². The minimum absolute atomic E-state index is 0.0258. The molecule has 30 heavy (non-hydrogen) atoms. The Balaban J connectivity index is 1.92. The third-order valence-electron chi connectivity index (χ3n) is 5.34. The molecule has 4 rings (SSSR count). The van der Waals surface area contributed by atoms with Gasteiger partial charge in [-0.2, -0.15) is 0 Å². The zero-order valence-electron chi connectivity index (χ0n) is 17.1. The second kappa shape index (κ2) is 8.37. The lowest BCUT2D eigenvalue weighted by Gasteiger charge is -2.16. The number of para-hydroxylation sites is 1. The molecule has 1 heterocycles. The molecule has 0 saturated heterocycles. The summed E-state index contributed by atoms with van der Waals surface area (Å²) in [6.07, 6.45) is 1.58. The summed E-state index contributed by atoms with van der Waals surface area (Å²) in [5.74, 6) is -0.398. The van der Waals surface area contributed by atoms with Crippen LogP contribution in [0.5, 0.6) is 0 Å². The SMILES string of the molecule is CCc1cccc(CC)c1NC(=O)c1oc(=O)c2ccccc2c1-c1ccccc1. The van der Waals surface area contributed by atoms with Crippen LogP contribution in [0.1, 0.15) is 35.5 Å². The lowest BCUT2D eigenvalue weighted by atomic mass is 9.97. The number of benzene rings is 3. The van der Waals surface area contributed by atoms with Crippen molar-refractivity contribution in [2.75, 3.05) is 5.32 Å². The quantitative estimate of drug-likeness (QED) is 0.460. The number of nitrogens with one attached hydrogen (secondary N) is 1. The molecular weight excluding hydrogens is 374 g/mol. The number of fused-ring (bicyclic) bond motifs is 1. The third-order valence-corrected chi connectivity index (χ3v) is 5.34. The molecule has 150 valence electrons. The minimum atomic E-state index is -0.519. The second-order valence-electron chi connectivity index (χ2n) is 7.12. The number of hydrogen-bond acceptors (Lipinski definition) is 3. The first-order valence-electron chi connectivity index (χ1n) is 10.2. The molecule has 4 aromatic rings. The van der Waals surface area contributed by atoms with Crippen molar-refractivity contribution in [2.45, 2.75) is 26.7 Å². The van der Waals surface area contributed by atoms with Crippen LogP contribution in [0.15, 0.2) is 82.0 Å². The molecule has 4 nitrogen and oxygen atoms in total. The topological polar surface area (TPSA) is 59.3 Å². The van der Waals surface area contributed by atoms with E-state index in [-0.39, 0.29) is 5.76 Å². The van der Waals surface area contributed by atoms with Gasteiger partial charge in [-0.1, -0.05) is 80.6 Å². The van der Waals surface area contributed by atoms with Crippen LogP contribution in [0.3, 0.4) is 0 Å². The number of anilines is 1. The van der Waals surface area contributed by atoms with Gasteiger partial charge in [-0.05, 0) is 35.6 Å². The van der Waals surface area contributed by atoms with Crippen LogP contribution in [0.2, 0.25) is 0 Å². The zero-order chi connectivity index (χ0) is 21.1. The zero-order valence-corrected chi connectivity index (χ0v) is 17.1. The fourth-order valence-electron chi connectivity index (χ4n) is 3.82. The molecule has 1 aromatic heterocycles. The van der Waals surface area contributed by atoms with Crippen LogP contribution in [0.25, 0.3) is 21.9 Å². The highest BCUT2D eigenvalue weighted by Gasteiger charge is 2.22. The number of aryl methyl sites for hydroxylation is 2. The van der Waals surface area contributed by atoms with Crippen LogP contribution in [-0.2, 0) is 12.8 Å². The minimum Gasteiger partial charge on any atom is -0.416 e. The summed E-state index contributed by atoms with van der Waals surface area (Å²) in [5.41, 5.74) is 3.81. The maximum Gasteiger partial charge on any atom is 0.344 e. The molecule has 1 amide bonds. The first kappa shape index (κ1) is 19.6. The van der Waals surface area contributed by atoms with Gasteiger partial charge >= 0.3 is 5.63 Å². The van der Waals surface area contributed by atoms with Crippen LogP contribution < -0.4 is 10.9 Å². The van der Waals surface area contributed by atoms with Gasteiger partial charge in [0.2, 0.25) is 5.76 Å². The monoisotopic (exact) mass is 397 g/mol. The molecule has 1 N–H and O–H groups in total. The maximum absolute atomic E-state index is 13.4. The van der Waals surface area contributed by atoms with E-state index in [2.05, 4.69) is 19.2 Å². The van der Waals surface area contributed by atoms with Gasteiger partial charge in [-0.3, -0.25) is 4.79 Å². The van der Waals surface area contributed by atoms with Gasteiger partial charge < -0.3 is 9.73 Å². The molecule has 0 aliphatic carbocycles. The van der Waals surface area contributed by atoms with Gasteiger partial charge in [-0.15, -0.1) is 0 Å². The average molecular weight is 397 g/mol. The van der Waals surface area contributed by atoms with Crippen LogP contribution in [-0.4, -0.2) is 5.91 Å². The lowest BCUT2D eigenvalue weighted by Crippen LogP contribution is -2.18. The van der Waals surface area contributed by atoms with E-state index in [1.807, 2.05) is 60.7 Å². The van der Waals surface area contributed by atoms with Crippen LogP contribution >= 0.6 is 0 Å². The summed E-state index contributed by atoms with van der Waals surface area (Å²) in [4.78, 5) is 26.0. The van der Waals surface area contributed by atoms with Crippen molar-refractivity contribution in [3.05, 3.63) is 100 Å². The molecule has 0 fully saturated rings. The maximum atomic E-state index is 13.4. The molecule has 0 saturated carbocycles. The van der Waals surface area contributed by atoms with Crippen molar-refractivity contribution in [1.29, 1.82) is 0 Å². The van der Waals surface area contributed by atoms with Gasteiger partial charge in [0.1, 0.15) is 0 Å². The summed E-state index contributed by atoms with van der Waals surface area (Å²) in [6, 6.07) is 22.8. The Morgan fingerprint density at radius 1 is 0.800 bits per heavy atom. The van der Waals surface area contributed by atoms with E-state index < -0.39 is 11.5 Å². The fourth-order valence-corrected chi connectivity index (χ4v) is 3.82. The average Bonchev–Trinajstić information content (AvgIpc) is 2.79. The number of hydrogen-bond donors (Lipinski definition) is 1. The van der Waals surface area contributed by atoms with Crippen molar-refractivity contribution in [2.24, 2.45) is 0 Å². The molecular formula is C26H23NO3. The molecule has 0 bridgehead atoms. The normalized spacial score (nSPS) is 10.9. The van der Waals surface area contributed by atoms with E-state index in [1.165, 1.54) is 0 Å². The number of amides is 1. The van der Waals surface area contributed by atoms with Crippen molar-refractivity contribution in [1.82, 2.24) is 0 Å². The smallest absolute Gasteiger partial charge is 0.344 e. The van der Waals surface area contributed by atoms with Gasteiger partial charge in [0.25, 0.3) is 5.91 Å². The van der Waals surface area contributed by atoms with E-state index in [0.717, 1.165) is 35.2 Å². The van der Waals surface area contributed by atoms with Gasteiger partial charge in [0, 0.05) is 16.6 Å². The van der Waals surface area contributed by atoms with E-state index in [1.54, 1.807) is 12.1 Å². The Morgan fingerprint density at radius 2 is 1.40 bits per heavy atom. The Hall–Kier alpha value is -3.66. The predicted octanol–water partition coefficient (Wildman–Crippen LogP) is 5.84. The first-order chi connectivity index (χ1) is 14.6. The van der Waals surface area contributed by atoms with Gasteiger partial charge in [0.15, 0.2) is 0 Å². The third kappa shape index (κ3) is 3.52. The van der Waals surface area contributed by atoms with Crippen molar-refractivity contribution >= 4 is 22.4 Å². The number of rotatable bonds is 5. The number of carbonyl (C=O) groups excluding carboxylic acids is 1. The highest BCUT2D eigenvalue weighted by Crippen LogP contribution is 2.32.